The molecule has 0 unspecified atom stereocenters. The first-order valence-electron chi connectivity index (χ1n) is 5.65. The Morgan fingerprint density at radius 3 is 2.83 bits per heavy atom. The van der Waals surface area contributed by atoms with Crippen molar-refractivity contribution in [2.24, 2.45) is 0 Å². The van der Waals surface area contributed by atoms with Gasteiger partial charge in [-0.25, -0.2) is 10.1 Å². The summed E-state index contributed by atoms with van der Waals surface area (Å²) >= 11 is 0. The Hall–Kier alpha value is -2.37. The number of nitrogen functional groups attached to an aromatic ring is 1. The molecular formula is C12H12N4O2. The van der Waals surface area contributed by atoms with Gasteiger partial charge < -0.3 is 10.3 Å². The molecule has 3 aromatic rings. The number of rotatable bonds is 1. The normalized spacial score (nSPS) is 11.7. The molecular weight excluding hydrogens is 232 g/mol. The van der Waals surface area contributed by atoms with E-state index in [-0.39, 0.29) is 11.5 Å². The number of anilines is 1. The molecule has 3 rings (SSSR count). The van der Waals surface area contributed by atoms with Gasteiger partial charge in [0.05, 0.1) is 10.9 Å². The first kappa shape index (κ1) is 10.8. The topological polar surface area (TPSA) is 97.8 Å². The quantitative estimate of drug-likeness (QED) is 0.679. The van der Waals surface area contributed by atoms with Gasteiger partial charge in [-0.15, -0.1) is 0 Å². The van der Waals surface area contributed by atoms with Gasteiger partial charge in [-0.1, -0.05) is 13.8 Å². The largest absolute Gasteiger partial charge is 0.382 e. The summed E-state index contributed by atoms with van der Waals surface area (Å²) < 4.78 is 5.21. The Kier molecular flexibility index (Phi) is 2.13. The summed E-state index contributed by atoms with van der Waals surface area (Å²) in [6.07, 6.45) is 0. The molecule has 3 N–H and O–H groups in total. The molecule has 6 heteroatoms. The van der Waals surface area contributed by atoms with E-state index in [1.807, 2.05) is 13.8 Å². The molecule has 0 atom stereocenters. The summed E-state index contributed by atoms with van der Waals surface area (Å²) in [5.41, 5.74) is 6.35. The van der Waals surface area contributed by atoms with Gasteiger partial charge in [0.1, 0.15) is 17.0 Å². The van der Waals surface area contributed by atoms with Crippen molar-refractivity contribution < 1.29 is 4.52 Å². The second-order valence-corrected chi connectivity index (χ2v) is 4.50. The number of hydrogen-bond acceptors (Lipinski definition) is 5. The van der Waals surface area contributed by atoms with E-state index in [0.29, 0.717) is 33.5 Å². The highest BCUT2D eigenvalue weighted by molar-refractivity contribution is 6.05. The van der Waals surface area contributed by atoms with Gasteiger partial charge in [0.25, 0.3) is 5.56 Å². The zero-order chi connectivity index (χ0) is 12.9. The first-order valence-corrected chi connectivity index (χ1v) is 5.65. The molecule has 6 nitrogen and oxygen atoms in total. The van der Waals surface area contributed by atoms with Crippen LogP contribution in [0.1, 0.15) is 25.6 Å². The number of nitrogens with two attached hydrogens (primary N) is 1. The summed E-state index contributed by atoms with van der Waals surface area (Å²) in [6, 6.07) is 3.54. The van der Waals surface area contributed by atoms with E-state index in [1.54, 1.807) is 12.1 Å². The molecule has 0 saturated carbocycles. The number of benzene rings is 1. The Morgan fingerprint density at radius 2 is 2.11 bits per heavy atom. The maximum atomic E-state index is 12.1. The molecule has 0 radical (unpaired) electrons. The lowest BCUT2D eigenvalue weighted by Crippen LogP contribution is -2.13. The molecule has 1 aromatic carbocycles. The van der Waals surface area contributed by atoms with E-state index in [9.17, 15) is 4.79 Å². The molecule has 92 valence electrons. The lowest BCUT2D eigenvalue weighted by molar-refractivity contribution is 0.462. The summed E-state index contributed by atoms with van der Waals surface area (Å²) in [5.74, 6) is 1.03. The maximum absolute atomic E-state index is 12.1. The van der Waals surface area contributed by atoms with Crippen molar-refractivity contribution in [3.8, 4) is 0 Å². The first-order chi connectivity index (χ1) is 8.58. The minimum Gasteiger partial charge on any atom is -0.382 e. The third-order valence-corrected chi connectivity index (χ3v) is 2.87. The summed E-state index contributed by atoms with van der Waals surface area (Å²) in [6.45, 7) is 3.88. The smallest absolute Gasteiger partial charge is 0.284 e. The minimum atomic E-state index is -0.336. The van der Waals surface area contributed by atoms with Crippen LogP contribution >= 0.6 is 0 Å². The lowest BCUT2D eigenvalue weighted by Gasteiger charge is -2.03. The Morgan fingerprint density at radius 1 is 1.33 bits per heavy atom. The molecule has 0 aliphatic carbocycles. The zero-order valence-electron chi connectivity index (χ0n) is 10.0. The van der Waals surface area contributed by atoms with Crippen LogP contribution in [-0.4, -0.2) is 15.1 Å². The van der Waals surface area contributed by atoms with Crippen molar-refractivity contribution in [2.45, 2.75) is 19.8 Å². The fourth-order valence-electron chi connectivity index (χ4n) is 1.92. The van der Waals surface area contributed by atoms with Crippen molar-refractivity contribution in [3.63, 3.8) is 0 Å². The number of nitrogens with zero attached hydrogens (tertiary/aromatic N) is 2. The van der Waals surface area contributed by atoms with Crippen LogP contribution in [0.3, 0.4) is 0 Å². The van der Waals surface area contributed by atoms with Crippen LogP contribution in [0.2, 0.25) is 0 Å². The Balaban J connectivity index is 2.49. The van der Waals surface area contributed by atoms with Gasteiger partial charge in [-0.05, 0) is 12.1 Å². The highest BCUT2D eigenvalue weighted by Crippen LogP contribution is 2.26. The molecule has 0 aliphatic rings. The average Bonchev–Trinajstić information content (AvgIpc) is 2.70. The average molecular weight is 244 g/mol. The SMILES string of the molecule is CC(C)c1nc(=O)c2c(ccc3c(N)[nH]oc32)n1. The maximum Gasteiger partial charge on any atom is 0.284 e. The standard InChI is InChI=1S/C12H12N4O2/c1-5(2)11-14-7-4-3-6-9(18-16-10(6)13)8(7)12(17)15-11/h3-5,16H,13H2,1-2H3. The second kappa shape index (κ2) is 3.56. The summed E-state index contributed by atoms with van der Waals surface area (Å²) in [5, 5.41) is 3.57. The van der Waals surface area contributed by atoms with E-state index in [4.69, 9.17) is 10.3 Å². The molecule has 0 saturated heterocycles. The number of hydrogen-bond donors (Lipinski definition) is 2. The highest BCUT2D eigenvalue weighted by atomic mass is 16.5. The van der Waals surface area contributed by atoms with Gasteiger partial charge in [0.2, 0.25) is 0 Å². The van der Waals surface area contributed by atoms with Crippen molar-refractivity contribution in [2.75, 3.05) is 5.73 Å². The molecule has 0 fully saturated rings. The van der Waals surface area contributed by atoms with Gasteiger partial charge in [-0.2, -0.15) is 4.98 Å². The van der Waals surface area contributed by atoms with Crippen molar-refractivity contribution in [3.05, 3.63) is 28.3 Å². The van der Waals surface area contributed by atoms with E-state index in [1.165, 1.54) is 0 Å². The van der Waals surface area contributed by atoms with E-state index < -0.39 is 0 Å². The van der Waals surface area contributed by atoms with Crippen molar-refractivity contribution in [1.82, 2.24) is 15.1 Å². The third kappa shape index (κ3) is 1.38. The molecule has 0 amide bonds. The summed E-state index contributed by atoms with van der Waals surface area (Å²) in [7, 11) is 0. The Labute approximate surface area is 102 Å². The molecule has 0 aliphatic heterocycles. The van der Waals surface area contributed by atoms with Crippen LogP contribution in [-0.2, 0) is 0 Å². The van der Waals surface area contributed by atoms with Gasteiger partial charge in [-0.3, -0.25) is 4.79 Å². The molecule has 0 spiro atoms. The van der Waals surface area contributed by atoms with Crippen molar-refractivity contribution in [1.29, 1.82) is 0 Å². The van der Waals surface area contributed by atoms with Gasteiger partial charge >= 0.3 is 0 Å². The number of aromatic amines is 1. The van der Waals surface area contributed by atoms with E-state index in [0.717, 1.165) is 0 Å². The molecule has 2 aromatic heterocycles. The molecule has 18 heavy (non-hydrogen) atoms. The molecule has 0 bridgehead atoms. The Bertz CT molecular complexity index is 801. The zero-order valence-corrected chi connectivity index (χ0v) is 10.0. The predicted octanol–water partition coefficient (Wildman–Crippen LogP) is 1.77. The van der Waals surface area contributed by atoms with Crippen LogP contribution in [0.5, 0.6) is 0 Å². The number of aromatic nitrogens is 3. The monoisotopic (exact) mass is 244 g/mol. The summed E-state index contributed by atoms with van der Waals surface area (Å²) in [4.78, 5) is 20.4. The minimum absolute atomic E-state index is 0.103. The lowest BCUT2D eigenvalue weighted by atomic mass is 10.1. The highest BCUT2D eigenvalue weighted by Gasteiger charge is 2.14. The third-order valence-electron chi connectivity index (χ3n) is 2.87. The van der Waals surface area contributed by atoms with Crippen LogP contribution in [0.4, 0.5) is 5.82 Å². The van der Waals surface area contributed by atoms with Crippen LogP contribution in [0.25, 0.3) is 21.9 Å². The number of H-pyrrole nitrogens is 1. The second-order valence-electron chi connectivity index (χ2n) is 4.50. The fourth-order valence-corrected chi connectivity index (χ4v) is 1.92. The van der Waals surface area contributed by atoms with Crippen LogP contribution in [0, 0.1) is 0 Å². The fraction of sp³-hybridized carbons (Fsp3) is 0.250. The van der Waals surface area contributed by atoms with E-state index in [2.05, 4.69) is 15.1 Å². The van der Waals surface area contributed by atoms with Crippen LogP contribution < -0.4 is 11.3 Å². The van der Waals surface area contributed by atoms with Crippen molar-refractivity contribution >= 4 is 27.7 Å². The van der Waals surface area contributed by atoms with Gasteiger partial charge in [0.15, 0.2) is 5.58 Å². The van der Waals surface area contributed by atoms with Crippen LogP contribution in [0.15, 0.2) is 21.5 Å². The number of fused-ring (bicyclic) bond motifs is 3. The predicted molar refractivity (Wildman–Crippen MR) is 68.4 cm³/mol. The van der Waals surface area contributed by atoms with E-state index >= 15 is 0 Å². The van der Waals surface area contributed by atoms with Gasteiger partial charge in [0, 0.05) is 5.92 Å². The molecule has 2 heterocycles. The number of nitrogens with one attached hydrogen (secondary N) is 1.